The summed E-state index contributed by atoms with van der Waals surface area (Å²) in [5.74, 6) is 0.241. The predicted octanol–water partition coefficient (Wildman–Crippen LogP) is -0.466. The van der Waals surface area contributed by atoms with Gasteiger partial charge in [-0.2, -0.15) is 0 Å². The van der Waals surface area contributed by atoms with Crippen molar-refractivity contribution >= 4 is 0 Å². The maximum absolute atomic E-state index is 9.64. The van der Waals surface area contributed by atoms with Crippen molar-refractivity contribution in [3.05, 3.63) is 11.8 Å². The molecule has 0 aromatic carbocycles. The molecule has 16 heavy (non-hydrogen) atoms. The lowest BCUT2D eigenvalue weighted by molar-refractivity contribution is -0.165. The minimum atomic E-state index is -1.31. The first kappa shape index (κ1) is 13.4. The lowest BCUT2D eigenvalue weighted by atomic mass is 9.97. The van der Waals surface area contributed by atoms with Crippen LogP contribution in [0.15, 0.2) is 11.8 Å². The maximum Gasteiger partial charge on any atom is 0.150 e. The summed E-state index contributed by atoms with van der Waals surface area (Å²) in [6.07, 6.45) is -0.227. The Hall–Kier alpha value is -0.620. The number of ether oxygens (including phenoxy) is 1. The lowest BCUT2D eigenvalue weighted by Crippen LogP contribution is -2.53. The Labute approximate surface area is 95.0 Å². The van der Waals surface area contributed by atoms with E-state index in [-0.39, 0.29) is 5.76 Å². The van der Waals surface area contributed by atoms with Gasteiger partial charge in [0.05, 0.1) is 6.61 Å². The van der Waals surface area contributed by atoms with E-state index in [0.717, 1.165) is 19.3 Å². The zero-order valence-corrected chi connectivity index (χ0v) is 9.41. The van der Waals surface area contributed by atoms with Crippen LogP contribution in [0.25, 0.3) is 0 Å². The predicted molar refractivity (Wildman–Crippen MR) is 57.6 cm³/mol. The highest BCUT2D eigenvalue weighted by atomic mass is 16.5. The van der Waals surface area contributed by atoms with Crippen LogP contribution in [0.2, 0.25) is 0 Å². The van der Waals surface area contributed by atoms with Gasteiger partial charge in [-0.1, -0.05) is 13.3 Å². The van der Waals surface area contributed by atoms with E-state index >= 15 is 0 Å². The van der Waals surface area contributed by atoms with E-state index in [0.29, 0.717) is 0 Å². The second-order valence-electron chi connectivity index (χ2n) is 4.01. The summed E-state index contributed by atoms with van der Waals surface area (Å²) in [5, 5.41) is 37.6. The molecule has 0 aliphatic carbocycles. The second kappa shape index (κ2) is 6.20. The zero-order valence-electron chi connectivity index (χ0n) is 9.41. The molecule has 94 valence electrons. The zero-order chi connectivity index (χ0) is 12.1. The van der Waals surface area contributed by atoms with Crippen LogP contribution in [-0.4, -0.2) is 51.4 Å². The molecule has 0 aromatic heterocycles. The summed E-state index contributed by atoms with van der Waals surface area (Å²) in [7, 11) is 0. The number of aliphatic hydroxyl groups is 4. The minimum absolute atomic E-state index is 0.241. The molecule has 0 bridgehead atoms. The first-order valence-electron chi connectivity index (χ1n) is 5.63. The summed E-state index contributed by atoms with van der Waals surface area (Å²) in [5.41, 5.74) is 0. The monoisotopic (exact) mass is 232 g/mol. The SMILES string of the molecule is CCCC/C=C1/O[C@H](CO)[C@@H](O)[C@H](O)[C@H]1O. The van der Waals surface area contributed by atoms with Crippen molar-refractivity contribution in [2.24, 2.45) is 0 Å². The van der Waals surface area contributed by atoms with Gasteiger partial charge in [-0.25, -0.2) is 0 Å². The number of hydrogen-bond donors (Lipinski definition) is 4. The number of rotatable bonds is 4. The molecule has 1 saturated heterocycles. The summed E-state index contributed by atoms with van der Waals surface area (Å²) in [6, 6.07) is 0. The summed E-state index contributed by atoms with van der Waals surface area (Å²) >= 11 is 0. The number of hydrogen-bond acceptors (Lipinski definition) is 5. The van der Waals surface area contributed by atoms with E-state index in [1.54, 1.807) is 6.08 Å². The number of unbranched alkanes of at least 4 members (excludes halogenated alkanes) is 2. The molecule has 0 aromatic rings. The third kappa shape index (κ3) is 2.95. The summed E-state index contributed by atoms with van der Waals surface area (Å²) in [6.45, 7) is 1.65. The van der Waals surface area contributed by atoms with Crippen LogP contribution in [-0.2, 0) is 4.74 Å². The molecule has 4 N–H and O–H groups in total. The molecule has 0 saturated carbocycles. The van der Waals surface area contributed by atoms with Crippen LogP contribution in [0.5, 0.6) is 0 Å². The Balaban J connectivity index is 2.66. The topological polar surface area (TPSA) is 90.2 Å². The fourth-order valence-corrected chi connectivity index (χ4v) is 1.65. The molecule has 5 heteroatoms. The average Bonchev–Trinajstić information content (AvgIpc) is 2.29. The van der Waals surface area contributed by atoms with Gasteiger partial charge < -0.3 is 25.2 Å². The van der Waals surface area contributed by atoms with Crippen molar-refractivity contribution in [3.63, 3.8) is 0 Å². The van der Waals surface area contributed by atoms with E-state index in [2.05, 4.69) is 0 Å². The fraction of sp³-hybridized carbons (Fsp3) is 0.818. The first-order valence-corrected chi connectivity index (χ1v) is 5.63. The van der Waals surface area contributed by atoms with Crippen molar-refractivity contribution in [3.8, 4) is 0 Å². The van der Waals surface area contributed by atoms with Crippen molar-refractivity contribution in [2.75, 3.05) is 6.61 Å². The molecule has 0 unspecified atom stereocenters. The van der Waals surface area contributed by atoms with E-state index in [1.807, 2.05) is 6.92 Å². The van der Waals surface area contributed by atoms with Gasteiger partial charge in [-0.15, -0.1) is 0 Å². The Morgan fingerprint density at radius 1 is 1.25 bits per heavy atom. The quantitative estimate of drug-likeness (QED) is 0.492. The summed E-state index contributed by atoms with van der Waals surface area (Å²) in [4.78, 5) is 0. The van der Waals surface area contributed by atoms with E-state index in [1.165, 1.54) is 0 Å². The number of aliphatic hydroxyl groups excluding tert-OH is 4. The van der Waals surface area contributed by atoms with Gasteiger partial charge in [0.1, 0.15) is 30.2 Å². The largest absolute Gasteiger partial charge is 0.487 e. The molecule has 1 heterocycles. The average molecular weight is 232 g/mol. The molecule has 1 rings (SSSR count). The van der Waals surface area contributed by atoms with Crippen LogP contribution in [0, 0.1) is 0 Å². The Kier molecular flexibility index (Phi) is 5.21. The van der Waals surface area contributed by atoms with Gasteiger partial charge >= 0.3 is 0 Å². The molecule has 0 amide bonds. The highest BCUT2D eigenvalue weighted by molar-refractivity contribution is 5.09. The Morgan fingerprint density at radius 2 is 1.94 bits per heavy atom. The third-order valence-electron chi connectivity index (χ3n) is 2.72. The molecule has 1 fully saturated rings. The van der Waals surface area contributed by atoms with Crippen LogP contribution >= 0.6 is 0 Å². The summed E-state index contributed by atoms with van der Waals surface area (Å²) < 4.78 is 5.23. The molecular formula is C11H20O5. The van der Waals surface area contributed by atoms with Gasteiger partial charge in [0.15, 0.2) is 0 Å². The molecule has 5 nitrogen and oxygen atoms in total. The van der Waals surface area contributed by atoms with Crippen LogP contribution in [0.1, 0.15) is 26.2 Å². The van der Waals surface area contributed by atoms with Gasteiger partial charge in [0.2, 0.25) is 0 Å². The molecule has 0 spiro atoms. The smallest absolute Gasteiger partial charge is 0.150 e. The van der Waals surface area contributed by atoms with Crippen LogP contribution in [0.4, 0.5) is 0 Å². The van der Waals surface area contributed by atoms with Gasteiger partial charge in [-0.05, 0) is 18.9 Å². The molecule has 4 atom stereocenters. The molecule has 1 aliphatic rings. The van der Waals surface area contributed by atoms with E-state index < -0.39 is 31.0 Å². The third-order valence-corrected chi connectivity index (χ3v) is 2.72. The van der Waals surface area contributed by atoms with Gasteiger partial charge in [0.25, 0.3) is 0 Å². The first-order chi connectivity index (χ1) is 7.61. The Morgan fingerprint density at radius 3 is 2.50 bits per heavy atom. The highest BCUT2D eigenvalue weighted by Gasteiger charge is 2.40. The Bertz CT molecular complexity index is 239. The fourth-order valence-electron chi connectivity index (χ4n) is 1.65. The maximum atomic E-state index is 9.64. The van der Waals surface area contributed by atoms with Crippen LogP contribution in [0.3, 0.4) is 0 Å². The highest BCUT2D eigenvalue weighted by Crippen LogP contribution is 2.24. The lowest BCUT2D eigenvalue weighted by Gasteiger charge is -2.36. The van der Waals surface area contributed by atoms with Crippen LogP contribution < -0.4 is 0 Å². The van der Waals surface area contributed by atoms with E-state index in [9.17, 15) is 15.3 Å². The van der Waals surface area contributed by atoms with Gasteiger partial charge in [0, 0.05) is 0 Å². The normalized spacial score (nSPS) is 37.4. The number of allylic oxidation sites excluding steroid dienone is 1. The van der Waals surface area contributed by atoms with Crippen molar-refractivity contribution in [1.82, 2.24) is 0 Å². The van der Waals surface area contributed by atoms with Gasteiger partial charge in [-0.3, -0.25) is 0 Å². The minimum Gasteiger partial charge on any atom is -0.487 e. The molecule has 1 aliphatic heterocycles. The molecule has 0 radical (unpaired) electrons. The van der Waals surface area contributed by atoms with E-state index in [4.69, 9.17) is 9.84 Å². The van der Waals surface area contributed by atoms with Crippen molar-refractivity contribution < 1.29 is 25.2 Å². The van der Waals surface area contributed by atoms with Crippen molar-refractivity contribution in [2.45, 2.75) is 50.6 Å². The second-order valence-corrected chi connectivity index (χ2v) is 4.01. The molecular weight excluding hydrogens is 212 g/mol. The van der Waals surface area contributed by atoms with Crippen molar-refractivity contribution in [1.29, 1.82) is 0 Å². The standard InChI is InChI=1S/C11H20O5/c1-2-3-4-5-7-9(13)11(15)10(14)8(6-12)16-7/h5,8-15H,2-4,6H2,1H3/b7-5+/t8-,9+,10-,11-/m1/s1.